The van der Waals surface area contributed by atoms with Gasteiger partial charge in [0.05, 0.1) is 26.3 Å². The van der Waals surface area contributed by atoms with E-state index in [-0.39, 0.29) is 42.5 Å². The largest absolute Gasteiger partial charge is 0.494 e. The van der Waals surface area contributed by atoms with Crippen LogP contribution in [0, 0.1) is 5.92 Å². The number of benzene rings is 1. The SMILES string of the molecule is CCOc1cc2c(cc1CN=C(NCC(=O)N(C)C)NCC1CCOC1)OC(C)C2.I. The molecule has 0 radical (unpaired) electrons. The molecule has 3 rings (SSSR count). The lowest BCUT2D eigenvalue weighted by molar-refractivity contribution is -0.127. The summed E-state index contributed by atoms with van der Waals surface area (Å²) in [5.74, 6) is 2.79. The minimum Gasteiger partial charge on any atom is -0.494 e. The van der Waals surface area contributed by atoms with E-state index in [1.165, 1.54) is 5.56 Å². The summed E-state index contributed by atoms with van der Waals surface area (Å²) >= 11 is 0. The maximum absolute atomic E-state index is 12.0. The molecule has 174 valence electrons. The lowest BCUT2D eigenvalue weighted by atomic mass is 10.1. The average molecular weight is 546 g/mol. The number of halogens is 1. The highest BCUT2D eigenvalue weighted by molar-refractivity contribution is 14.0. The molecule has 31 heavy (non-hydrogen) atoms. The van der Waals surface area contributed by atoms with E-state index in [1.54, 1.807) is 19.0 Å². The van der Waals surface area contributed by atoms with E-state index >= 15 is 0 Å². The number of rotatable bonds is 8. The van der Waals surface area contributed by atoms with Crippen molar-refractivity contribution in [2.24, 2.45) is 10.9 Å². The zero-order valence-electron chi connectivity index (χ0n) is 18.9. The monoisotopic (exact) mass is 546 g/mol. The van der Waals surface area contributed by atoms with E-state index in [2.05, 4.69) is 23.6 Å². The number of ether oxygens (including phenoxy) is 3. The molecule has 0 aromatic heterocycles. The molecular formula is C22H35IN4O4. The molecule has 0 saturated carbocycles. The van der Waals surface area contributed by atoms with E-state index in [4.69, 9.17) is 19.2 Å². The number of guanidine groups is 1. The van der Waals surface area contributed by atoms with Crippen LogP contribution in [-0.4, -0.2) is 69.9 Å². The van der Waals surface area contributed by atoms with Gasteiger partial charge in [-0.15, -0.1) is 24.0 Å². The minimum absolute atomic E-state index is 0. The summed E-state index contributed by atoms with van der Waals surface area (Å²) in [6.07, 6.45) is 2.10. The molecule has 2 aliphatic heterocycles. The van der Waals surface area contributed by atoms with E-state index in [9.17, 15) is 4.79 Å². The highest BCUT2D eigenvalue weighted by atomic mass is 127. The summed E-state index contributed by atoms with van der Waals surface area (Å²) in [5, 5.41) is 6.49. The van der Waals surface area contributed by atoms with Crippen LogP contribution >= 0.6 is 24.0 Å². The predicted octanol–water partition coefficient (Wildman–Crippen LogP) is 2.19. The van der Waals surface area contributed by atoms with Gasteiger partial charge < -0.3 is 29.7 Å². The first-order valence-corrected chi connectivity index (χ1v) is 10.7. The standard InChI is InChI=1S/C22H34N4O4.HI/c1-5-29-19-9-17-8-15(2)30-20(17)10-18(19)12-24-22(25-13-21(27)26(3)4)23-11-16-6-7-28-14-16;/h9-10,15-16H,5-8,11-14H2,1-4H3,(H2,23,24,25);1H. The lowest BCUT2D eigenvalue weighted by Crippen LogP contribution is -2.44. The number of carbonyl (C=O) groups is 1. The van der Waals surface area contributed by atoms with Gasteiger partial charge in [-0.2, -0.15) is 0 Å². The third kappa shape index (κ3) is 7.41. The first-order valence-electron chi connectivity index (χ1n) is 10.7. The van der Waals surface area contributed by atoms with Crippen LogP contribution in [0.4, 0.5) is 0 Å². The van der Waals surface area contributed by atoms with Gasteiger partial charge in [0, 0.05) is 50.7 Å². The van der Waals surface area contributed by atoms with Crippen molar-refractivity contribution >= 4 is 35.8 Å². The predicted molar refractivity (Wildman–Crippen MR) is 132 cm³/mol. The number of likely N-dealkylation sites (N-methyl/N-ethyl adjacent to an activating group) is 1. The number of carbonyl (C=O) groups excluding carboxylic acids is 1. The molecule has 0 spiro atoms. The molecule has 2 atom stereocenters. The molecule has 8 nitrogen and oxygen atoms in total. The Balaban J connectivity index is 0.00000341. The fourth-order valence-corrected chi connectivity index (χ4v) is 3.54. The molecule has 2 aliphatic rings. The molecule has 2 heterocycles. The molecule has 1 aromatic carbocycles. The Labute approximate surface area is 202 Å². The highest BCUT2D eigenvalue weighted by Crippen LogP contribution is 2.35. The normalized spacial score (nSPS) is 19.8. The zero-order chi connectivity index (χ0) is 21.5. The molecule has 0 aliphatic carbocycles. The quantitative estimate of drug-likeness (QED) is 0.296. The number of amides is 1. The van der Waals surface area contributed by atoms with Gasteiger partial charge in [0.1, 0.15) is 17.6 Å². The second kappa shape index (κ2) is 12.3. The van der Waals surface area contributed by atoms with Gasteiger partial charge in [-0.05, 0) is 32.4 Å². The number of hydrogen-bond donors (Lipinski definition) is 2. The summed E-state index contributed by atoms with van der Waals surface area (Å²) in [6, 6.07) is 4.10. The third-order valence-corrected chi connectivity index (χ3v) is 5.27. The van der Waals surface area contributed by atoms with Crippen LogP contribution in [0.25, 0.3) is 0 Å². The van der Waals surface area contributed by atoms with Gasteiger partial charge in [-0.3, -0.25) is 4.79 Å². The smallest absolute Gasteiger partial charge is 0.241 e. The van der Waals surface area contributed by atoms with Crippen molar-refractivity contribution in [2.45, 2.75) is 39.3 Å². The van der Waals surface area contributed by atoms with E-state index in [0.29, 0.717) is 25.0 Å². The Morgan fingerprint density at radius 2 is 2.13 bits per heavy atom. The Morgan fingerprint density at radius 3 is 2.81 bits per heavy atom. The summed E-state index contributed by atoms with van der Waals surface area (Å²) in [5.41, 5.74) is 2.14. The summed E-state index contributed by atoms with van der Waals surface area (Å²) in [7, 11) is 3.48. The van der Waals surface area contributed by atoms with E-state index in [0.717, 1.165) is 49.7 Å². The second-order valence-corrected chi connectivity index (χ2v) is 8.05. The Hall–Kier alpha value is -1.75. The Kier molecular flexibility index (Phi) is 10.1. The van der Waals surface area contributed by atoms with Crippen molar-refractivity contribution in [3.05, 3.63) is 23.3 Å². The molecular weight excluding hydrogens is 511 g/mol. The molecule has 1 fully saturated rings. The fourth-order valence-electron chi connectivity index (χ4n) is 3.54. The van der Waals surface area contributed by atoms with Crippen molar-refractivity contribution in [3.63, 3.8) is 0 Å². The number of hydrogen-bond acceptors (Lipinski definition) is 5. The Morgan fingerprint density at radius 1 is 1.32 bits per heavy atom. The minimum atomic E-state index is -0.0105. The van der Waals surface area contributed by atoms with Gasteiger partial charge in [0.15, 0.2) is 5.96 Å². The van der Waals surface area contributed by atoms with Gasteiger partial charge in [0.2, 0.25) is 5.91 Å². The lowest BCUT2D eigenvalue weighted by Gasteiger charge is -2.17. The van der Waals surface area contributed by atoms with Gasteiger partial charge in [-0.25, -0.2) is 4.99 Å². The van der Waals surface area contributed by atoms with Crippen molar-refractivity contribution in [2.75, 3.05) is 47.0 Å². The maximum Gasteiger partial charge on any atom is 0.241 e. The molecule has 2 unspecified atom stereocenters. The van der Waals surface area contributed by atoms with Gasteiger partial charge in [0.25, 0.3) is 0 Å². The van der Waals surface area contributed by atoms with Crippen LogP contribution in [0.3, 0.4) is 0 Å². The first kappa shape index (κ1) is 25.5. The van der Waals surface area contributed by atoms with Crippen molar-refractivity contribution in [1.82, 2.24) is 15.5 Å². The first-order chi connectivity index (χ1) is 14.5. The molecule has 1 amide bonds. The van der Waals surface area contributed by atoms with Crippen molar-refractivity contribution in [3.8, 4) is 11.5 Å². The number of nitrogens with zero attached hydrogens (tertiary/aromatic N) is 2. The molecule has 2 N–H and O–H groups in total. The zero-order valence-corrected chi connectivity index (χ0v) is 21.2. The van der Waals surface area contributed by atoms with E-state index in [1.807, 2.05) is 13.0 Å². The molecule has 1 saturated heterocycles. The fraction of sp³-hybridized carbons (Fsp3) is 0.636. The highest BCUT2D eigenvalue weighted by Gasteiger charge is 2.22. The summed E-state index contributed by atoms with van der Waals surface area (Å²) in [6.45, 7) is 7.56. The van der Waals surface area contributed by atoms with Crippen LogP contribution in [0.5, 0.6) is 11.5 Å². The second-order valence-electron chi connectivity index (χ2n) is 8.05. The average Bonchev–Trinajstić information content (AvgIpc) is 3.35. The van der Waals surface area contributed by atoms with Crippen LogP contribution in [0.15, 0.2) is 17.1 Å². The Bertz CT molecular complexity index is 766. The number of aliphatic imine (C=N–C) groups is 1. The van der Waals surface area contributed by atoms with Crippen molar-refractivity contribution < 1.29 is 19.0 Å². The third-order valence-electron chi connectivity index (χ3n) is 5.27. The van der Waals surface area contributed by atoms with Crippen LogP contribution in [0.2, 0.25) is 0 Å². The molecule has 0 bridgehead atoms. The summed E-state index contributed by atoms with van der Waals surface area (Å²) in [4.78, 5) is 18.3. The van der Waals surface area contributed by atoms with Gasteiger partial charge >= 0.3 is 0 Å². The van der Waals surface area contributed by atoms with Crippen LogP contribution in [0.1, 0.15) is 31.4 Å². The van der Waals surface area contributed by atoms with Crippen molar-refractivity contribution in [1.29, 1.82) is 0 Å². The van der Waals surface area contributed by atoms with Crippen LogP contribution < -0.4 is 20.1 Å². The number of nitrogens with one attached hydrogen (secondary N) is 2. The van der Waals surface area contributed by atoms with E-state index < -0.39 is 0 Å². The topological polar surface area (TPSA) is 84.4 Å². The van der Waals surface area contributed by atoms with Gasteiger partial charge in [-0.1, -0.05) is 0 Å². The molecule has 9 heteroatoms. The molecule has 1 aromatic rings. The van der Waals surface area contributed by atoms with Crippen LogP contribution in [-0.2, 0) is 22.5 Å². The summed E-state index contributed by atoms with van der Waals surface area (Å²) < 4.78 is 17.2. The number of fused-ring (bicyclic) bond motifs is 1. The maximum atomic E-state index is 12.0.